The van der Waals surface area contributed by atoms with Crippen molar-refractivity contribution in [2.24, 2.45) is 0 Å². The molecular weight excluding hydrogens is 345 g/mol. The van der Waals surface area contributed by atoms with E-state index in [-0.39, 0.29) is 36.8 Å². The minimum Gasteiger partial charge on any atom is -0.346 e. The molecule has 1 unspecified atom stereocenters. The third-order valence-electron chi connectivity index (χ3n) is 4.73. The van der Waals surface area contributed by atoms with Crippen LogP contribution in [0.25, 0.3) is 0 Å². The molecule has 5 nitrogen and oxygen atoms in total. The summed E-state index contributed by atoms with van der Waals surface area (Å²) in [5.41, 5.74) is 3.76. The average Bonchev–Trinajstić information content (AvgIpc) is 2.64. The van der Waals surface area contributed by atoms with Crippen LogP contribution in [0.3, 0.4) is 0 Å². The minimum absolute atomic E-state index is 0.0554. The Bertz CT molecular complexity index is 806. The van der Waals surface area contributed by atoms with Gasteiger partial charge in [-0.05, 0) is 62.7 Å². The lowest BCUT2D eigenvalue weighted by Gasteiger charge is -2.24. The number of hydrogen-bond donors (Lipinski definition) is 2. The van der Waals surface area contributed by atoms with Crippen LogP contribution in [-0.4, -0.2) is 36.9 Å². The second kappa shape index (κ2) is 9.28. The fourth-order valence-electron chi connectivity index (χ4n) is 2.67. The van der Waals surface area contributed by atoms with Gasteiger partial charge in [0.15, 0.2) is 0 Å². The van der Waals surface area contributed by atoms with Crippen LogP contribution in [0.2, 0.25) is 0 Å². The number of carbonyl (C=O) groups is 2. The highest BCUT2D eigenvalue weighted by Gasteiger charge is 2.15. The molecule has 0 aromatic heterocycles. The van der Waals surface area contributed by atoms with E-state index in [0.717, 1.165) is 22.4 Å². The molecule has 144 valence electrons. The molecular formula is C21H26FN3O2. The molecule has 2 rings (SSSR count). The Balaban J connectivity index is 1.81. The molecule has 27 heavy (non-hydrogen) atoms. The number of benzene rings is 2. The monoisotopic (exact) mass is 371 g/mol. The SMILES string of the molecule is Cc1cccc(NC(=O)CNC(=O)CN(C)C(C)c2ccc(F)cc2)c1C. The molecule has 1 atom stereocenters. The number of amides is 2. The van der Waals surface area contributed by atoms with E-state index in [2.05, 4.69) is 10.6 Å². The zero-order valence-electron chi connectivity index (χ0n) is 16.2. The lowest BCUT2D eigenvalue weighted by Crippen LogP contribution is -2.40. The molecule has 0 aliphatic heterocycles. The first-order valence-corrected chi connectivity index (χ1v) is 8.86. The van der Waals surface area contributed by atoms with E-state index < -0.39 is 0 Å². The number of carbonyl (C=O) groups excluding carboxylic acids is 2. The van der Waals surface area contributed by atoms with Crippen LogP contribution in [-0.2, 0) is 9.59 Å². The van der Waals surface area contributed by atoms with Crippen molar-refractivity contribution in [1.82, 2.24) is 10.2 Å². The van der Waals surface area contributed by atoms with Crippen LogP contribution in [0.4, 0.5) is 10.1 Å². The molecule has 0 saturated heterocycles. The molecule has 2 amide bonds. The van der Waals surface area contributed by atoms with Crippen molar-refractivity contribution in [3.8, 4) is 0 Å². The van der Waals surface area contributed by atoms with Gasteiger partial charge in [0.25, 0.3) is 0 Å². The van der Waals surface area contributed by atoms with Gasteiger partial charge in [-0.15, -0.1) is 0 Å². The standard InChI is InChI=1S/C21H26FN3O2/c1-14-6-5-7-19(15(14)2)24-20(26)12-23-21(27)13-25(4)16(3)17-8-10-18(22)11-9-17/h5-11,16H,12-13H2,1-4H3,(H,23,27)(H,24,26). The molecule has 0 aliphatic carbocycles. The first-order chi connectivity index (χ1) is 12.8. The van der Waals surface area contributed by atoms with Crippen LogP contribution in [0.1, 0.15) is 29.7 Å². The number of likely N-dealkylation sites (N-methyl/N-ethyl adjacent to an activating group) is 1. The van der Waals surface area contributed by atoms with Crippen molar-refractivity contribution in [3.05, 3.63) is 65.0 Å². The Hall–Kier alpha value is -2.73. The summed E-state index contributed by atoms with van der Waals surface area (Å²) in [4.78, 5) is 26.0. The Kier molecular flexibility index (Phi) is 7.07. The maximum absolute atomic E-state index is 13.0. The molecule has 0 aliphatic rings. The third-order valence-corrected chi connectivity index (χ3v) is 4.73. The van der Waals surface area contributed by atoms with Crippen molar-refractivity contribution in [2.75, 3.05) is 25.5 Å². The first-order valence-electron chi connectivity index (χ1n) is 8.86. The summed E-state index contributed by atoms with van der Waals surface area (Å²) in [6.45, 7) is 5.90. The smallest absolute Gasteiger partial charge is 0.243 e. The molecule has 0 spiro atoms. The summed E-state index contributed by atoms with van der Waals surface area (Å²) >= 11 is 0. The van der Waals surface area contributed by atoms with Gasteiger partial charge in [-0.2, -0.15) is 0 Å². The van der Waals surface area contributed by atoms with Crippen LogP contribution >= 0.6 is 0 Å². The zero-order valence-corrected chi connectivity index (χ0v) is 16.2. The van der Waals surface area contributed by atoms with Crippen molar-refractivity contribution in [2.45, 2.75) is 26.8 Å². The number of rotatable bonds is 7. The van der Waals surface area contributed by atoms with E-state index in [1.165, 1.54) is 12.1 Å². The number of nitrogens with zero attached hydrogens (tertiary/aromatic N) is 1. The fraction of sp³-hybridized carbons (Fsp3) is 0.333. The van der Waals surface area contributed by atoms with E-state index in [0.29, 0.717) is 0 Å². The van der Waals surface area contributed by atoms with Gasteiger partial charge in [0.1, 0.15) is 5.82 Å². The zero-order chi connectivity index (χ0) is 20.0. The van der Waals surface area contributed by atoms with Crippen LogP contribution < -0.4 is 10.6 Å². The van der Waals surface area contributed by atoms with Gasteiger partial charge in [-0.3, -0.25) is 14.5 Å². The summed E-state index contributed by atoms with van der Waals surface area (Å²) < 4.78 is 13.0. The summed E-state index contributed by atoms with van der Waals surface area (Å²) in [6.07, 6.45) is 0. The van der Waals surface area contributed by atoms with Crippen molar-refractivity contribution >= 4 is 17.5 Å². The predicted molar refractivity (Wildman–Crippen MR) is 105 cm³/mol. The highest BCUT2D eigenvalue weighted by atomic mass is 19.1. The topological polar surface area (TPSA) is 61.4 Å². The van der Waals surface area contributed by atoms with E-state index >= 15 is 0 Å². The molecule has 0 bridgehead atoms. The second-order valence-electron chi connectivity index (χ2n) is 6.72. The van der Waals surface area contributed by atoms with Gasteiger partial charge in [0, 0.05) is 11.7 Å². The van der Waals surface area contributed by atoms with Crippen molar-refractivity contribution < 1.29 is 14.0 Å². The Morgan fingerprint density at radius 2 is 1.74 bits per heavy atom. The molecule has 0 radical (unpaired) electrons. The van der Waals surface area contributed by atoms with Crippen LogP contribution in [0.5, 0.6) is 0 Å². The van der Waals surface area contributed by atoms with Gasteiger partial charge in [0.05, 0.1) is 13.1 Å². The Labute approximate surface area is 159 Å². The molecule has 2 aromatic carbocycles. The summed E-state index contributed by atoms with van der Waals surface area (Å²) in [5, 5.41) is 5.44. The quantitative estimate of drug-likeness (QED) is 0.786. The number of aryl methyl sites for hydroxylation is 1. The van der Waals surface area contributed by atoms with E-state index in [4.69, 9.17) is 0 Å². The van der Waals surface area contributed by atoms with E-state index in [1.54, 1.807) is 12.1 Å². The fourth-order valence-corrected chi connectivity index (χ4v) is 2.67. The Morgan fingerprint density at radius 3 is 2.41 bits per heavy atom. The minimum atomic E-state index is -0.291. The lowest BCUT2D eigenvalue weighted by molar-refractivity contribution is -0.125. The average molecular weight is 371 g/mol. The van der Waals surface area contributed by atoms with Crippen molar-refractivity contribution in [1.29, 1.82) is 0 Å². The lowest BCUT2D eigenvalue weighted by atomic mass is 10.1. The largest absolute Gasteiger partial charge is 0.346 e. The molecule has 2 aromatic rings. The predicted octanol–water partition coefficient (Wildman–Crippen LogP) is 3.19. The van der Waals surface area contributed by atoms with Crippen LogP contribution in [0.15, 0.2) is 42.5 Å². The highest BCUT2D eigenvalue weighted by Crippen LogP contribution is 2.19. The first kappa shape index (κ1) is 20.6. The molecule has 2 N–H and O–H groups in total. The normalized spacial score (nSPS) is 11.9. The van der Waals surface area contributed by atoms with E-state index in [1.807, 2.05) is 50.9 Å². The summed E-state index contributed by atoms with van der Waals surface area (Å²) in [7, 11) is 1.81. The van der Waals surface area contributed by atoms with Gasteiger partial charge in [-0.1, -0.05) is 24.3 Å². The van der Waals surface area contributed by atoms with Gasteiger partial charge >= 0.3 is 0 Å². The maximum Gasteiger partial charge on any atom is 0.243 e. The molecule has 6 heteroatoms. The van der Waals surface area contributed by atoms with Gasteiger partial charge < -0.3 is 10.6 Å². The van der Waals surface area contributed by atoms with Crippen LogP contribution in [0, 0.1) is 19.7 Å². The van der Waals surface area contributed by atoms with Gasteiger partial charge in [0.2, 0.25) is 11.8 Å². The van der Waals surface area contributed by atoms with Crippen molar-refractivity contribution in [3.63, 3.8) is 0 Å². The van der Waals surface area contributed by atoms with Gasteiger partial charge in [-0.25, -0.2) is 4.39 Å². The molecule has 0 saturated carbocycles. The second-order valence-corrected chi connectivity index (χ2v) is 6.72. The summed E-state index contributed by atoms with van der Waals surface area (Å²) in [6, 6.07) is 11.8. The van der Waals surface area contributed by atoms with E-state index in [9.17, 15) is 14.0 Å². The molecule has 0 heterocycles. The number of nitrogens with one attached hydrogen (secondary N) is 2. The maximum atomic E-state index is 13.0. The molecule has 0 fully saturated rings. The number of anilines is 1. The Morgan fingerprint density at radius 1 is 1.07 bits per heavy atom. The summed E-state index contributed by atoms with van der Waals surface area (Å²) in [5.74, 6) is -0.810. The number of hydrogen-bond acceptors (Lipinski definition) is 3. The highest BCUT2D eigenvalue weighted by molar-refractivity contribution is 5.95. The number of halogens is 1. The third kappa shape index (κ3) is 5.89.